The number of nitro benzene ring substituents is 1. The monoisotopic (exact) mass is 388 g/mol. The number of hydrogen-bond donors (Lipinski definition) is 2. The van der Waals surface area contributed by atoms with Crippen LogP contribution in [0, 0.1) is 30.9 Å². The highest BCUT2D eigenvalue weighted by Gasteiger charge is 2.23. The number of carbonyl (C=O) groups excluding carboxylic acids is 1. The van der Waals surface area contributed by atoms with Gasteiger partial charge in [0.15, 0.2) is 0 Å². The summed E-state index contributed by atoms with van der Waals surface area (Å²) in [5, 5.41) is 22.8. The molecule has 0 aliphatic rings. The average Bonchev–Trinajstić information content (AvgIpc) is 2.53. The fourth-order valence-corrected chi connectivity index (χ4v) is 3.69. The highest BCUT2D eigenvalue weighted by molar-refractivity contribution is 7.99. The van der Waals surface area contributed by atoms with Gasteiger partial charge in [0.25, 0.3) is 11.6 Å². The largest absolute Gasteiger partial charge is 0.481 e. The summed E-state index contributed by atoms with van der Waals surface area (Å²) in [6.45, 7) is 4.97. The van der Waals surface area contributed by atoms with E-state index in [0.29, 0.717) is 28.1 Å². The standard InChI is InChI=1S/C19H20N2O5S/c1-11-7-12(2)18(21(25)26)13(3)17(11)19(24)20-15-6-4-5-14(8-15)9-27-10-16(22)23/h4-8H,9-10H2,1-3H3,(H,20,24)(H,22,23). The van der Waals surface area contributed by atoms with Gasteiger partial charge in [0.05, 0.1) is 16.2 Å². The number of nitrogens with zero attached hydrogens (tertiary/aromatic N) is 1. The molecule has 2 rings (SSSR count). The first-order valence-electron chi connectivity index (χ1n) is 8.15. The number of carboxylic acid groups (broad SMARTS) is 1. The molecular formula is C19H20N2O5S. The molecule has 0 bridgehead atoms. The molecule has 0 saturated carbocycles. The number of carbonyl (C=O) groups is 2. The van der Waals surface area contributed by atoms with Gasteiger partial charge in [-0.25, -0.2) is 0 Å². The van der Waals surface area contributed by atoms with Gasteiger partial charge >= 0.3 is 5.97 Å². The Balaban J connectivity index is 2.24. The molecule has 142 valence electrons. The number of amides is 1. The first-order valence-corrected chi connectivity index (χ1v) is 9.31. The Hall–Kier alpha value is -2.87. The van der Waals surface area contributed by atoms with Crippen LogP contribution in [0.25, 0.3) is 0 Å². The summed E-state index contributed by atoms with van der Waals surface area (Å²) >= 11 is 1.26. The van der Waals surface area contributed by atoms with Crippen LogP contribution in [0.4, 0.5) is 11.4 Å². The second kappa shape index (κ2) is 8.68. The van der Waals surface area contributed by atoms with Gasteiger partial charge in [-0.2, -0.15) is 0 Å². The Kier molecular flexibility index (Phi) is 6.57. The molecule has 0 saturated heterocycles. The maximum absolute atomic E-state index is 12.7. The molecule has 0 spiro atoms. The summed E-state index contributed by atoms with van der Waals surface area (Å²) in [5.41, 5.74) is 3.19. The van der Waals surface area contributed by atoms with E-state index in [1.165, 1.54) is 11.8 Å². The van der Waals surface area contributed by atoms with Crippen LogP contribution in [0.3, 0.4) is 0 Å². The zero-order valence-electron chi connectivity index (χ0n) is 15.2. The van der Waals surface area contributed by atoms with Crippen LogP contribution in [-0.4, -0.2) is 27.7 Å². The van der Waals surface area contributed by atoms with Crippen LogP contribution < -0.4 is 5.32 Å². The number of thioether (sulfide) groups is 1. The van der Waals surface area contributed by atoms with Crippen molar-refractivity contribution in [3.05, 3.63) is 68.3 Å². The molecule has 0 atom stereocenters. The van der Waals surface area contributed by atoms with Crippen LogP contribution in [0.15, 0.2) is 30.3 Å². The molecule has 0 fully saturated rings. The molecule has 0 heterocycles. The highest BCUT2D eigenvalue weighted by Crippen LogP contribution is 2.29. The van der Waals surface area contributed by atoms with E-state index >= 15 is 0 Å². The lowest BCUT2D eigenvalue weighted by molar-refractivity contribution is -0.386. The molecular weight excluding hydrogens is 368 g/mol. The van der Waals surface area contributed by atoms with Gasteiger partial charge < -0.3 is 10.4 Å². The smallest absolute Gasteiger partial charge is 0.313 e. The van der Waals surface area contributed by atoms with Gasteiger partial charge in [0, 0.05) is 22.6 Å². The van der Waals surface area contributed by atoms with E-state index in [0.717, 1.165) is 5.56 Å². The molecule has 0 aromatic heterocycles. The predicted octanol–water partition coefficient (Wildman–Crippen LogP) is 4.09. The van der Waals surface area contributed by atoms with Crippen LogP contribution in [0.2, 0.25) is 0 Å². The lowest BCUT2D eigenvalue weighted by atomic mass is 9.96. The van der Waals surface area contributed by atoms with Gasteiger partial charge in [-0.3, -0.25) is 19.7 Å². The molecule has 0 unspecified atom stereocenters. The maximum atomic E-state index is 12.7. The number of aryl methyl sites for hydroxylation is 2. The van der Waals surface area contributed by atoms with Crippen molar-refractivity contribution in [2.24, 2.45) is 0 Å². The first-order chi connectivity index (χ1) is 12.7. The summed E-state index contributed by atoms with van der Waals surface area (Å²) < 4.78 is 0. The van der Waals surface area contributed by atoms with Crippen LogP contribution >= 0.6 is 11.8 Å². The van der Waals surface area contributed by atoms with Crippen molar-refractivity contribution in [3.63, 3.8) is 0 Å². The summed E-state index contributed by atoms with van der Waals surface area (Å²) in [6.07, 6.45) is 0. The zero-order valence-corrected chi connectivity index (χ0v) is 16.1. The third kappa shape index (κ3) is 5.07. The topological polar surface area (TPSA) is 110 Å². The van der Waals surface area contributed by atoms with Gasteiger partial charge in [0.2, 0.25) is 0 Å². The predicted molar refractivity (Wildman–Crippen MR) is 106 cm³/mol. The SMILES string of the molecule is Cc1cc(C)c([N+](=O)[O-])c(C)c1C(=O)Nc1cccc(CSCC(=O)O)c1. The molecule has 8 heteroatoms. The maximum Gasteiger partial charge on any atom is 0.313 e. The number of anilines is 1. The van der Waals surface area contributed by atoms with Crippen LogP contribution in [0.1, 0.15) is 32.6 Å². The van der Waals surface area contributed by atoms with Crippen molar-refractivity contribution in [2.45, 2.75) is 26.5 Å². The van der Waals surface area contributed by atoms with Gasteiger partial charge in [-0.05, 0) is 50.1 Å². The summed E-state index contributed by atoms with van der Waals surface area (Å²) in [5.74, 6) is -0.786. The van der Waals surface area contributed by atoms with Crippen molar-refractivity contribution in [2.75, 3.05) is 11.1 Å². The number of benzene rings is 2. The molecule has 7 nitrogen and oxygen atoms in total. The minimum atomic E-state index is -0.878. The van der Waals surface area contributed by atoms with Crippen molar-refractivity contribution in [1.82, 2.24) is 0 Å². The third-order valence-corrected chi connectivity index (χ3v) is 5.01. The van der Waals surface area contributed by atoms with E-state index in [1.54, 1.807) is 45.0 Å². The number of carboxylic acids is 1. The van der Waals surface area contributed by atoms with E-state index < -0.39 is 16.8 Å². The van der Waals surface area contributed by atoms with E-state index in [-0.39, 0.29) is 17.0 Å². The second-order valence-corrected chi connectivity index (χ2v) is 7.14. The fourth-order valence-electron chi connectivity index (χ4n) is 2.99. The molecule has 2 N–H and O–H groups in total. The lowest BCUT2D eigenvalue weighted by Gasteiger charge is -2.13. The van der Waals surface area contributed by atoms with E-state index in [2.05, 4.69) is 5.32 Å². The van der Waals surface area contributed by atoms with Crippen molar-refractivity contribution in [1.29, 1.82) is 0 Å². The molecule has 27 heavy (non-hydrogen) atoms. The van der Waals surface area contributed by atoms with Crippen molar-refractivity contribution < 1.29 is 19.6 Å². The quantitative estimate of drug-likeness (QED) is 0.546. The third-order valence-electron chi connectivity index (χ3n) is 4.02. The van der Waals surface area contributed by atoms with Crippen LogP contribution in [0.5, 0.6) is 0 Å². The number of rotatable bonds is 7. The molecule has 2 aromatic rings. The molecule has 0 aliphatic heterocycles. The number of nitro groups is 1. The lowest BCUT2D eigenvalue weighted by Crippen LogP contribution is -2.16. The number of aliphatic carboxylic acids is 1. The average molecular weight is 388 g/mol. The minimum absolute atomic E-state index is 0.00199. The van der Waals surface area contributed by atoms with Gasteiger partial charge in [0.1, 0.15) is 0 Å². The minimum Gasteiger partial charge on any atom is -0.481 e. The summed E-state index contributed by atoms with van der Waals surface area (Å²) in [7, 11) is 0. The van der Waals surface area contributed by atoms with Crippen molar-refractivity contribution >= 4 is 35.0 Å². The molecule has 1 amide bonds. The molecule has 2 aromatic carbocycles. The Morgan fingerprint density at radius 1 is 1.19 bits per heavy atom. The Labute approximate surface area is 160 Å². The number of nitrogens with one attached hydrogen (secondary N) is 1. The molecule has 0 radical (unpaired) electrons. The Bertz CT molecular complexity index is 911. The van der Waals surface area contributed by atoms with E-state index in [1.807, 2.05) is 6.07 Å². The highest BCUT2D eigenvalue weighted by atomic mass is 32.2. The second-order valence-electron chi connectivity index (χ2n) is 6.16. The van der Waals surface area contributed by atoms with Crippen LogP contribution in [-0.2, 0) is 10.5 Å². The van der Waals surface area contributed by atoms with Gasteiger partial charge in [-0.15, -0.1) is 11.8 Å². The fraction of sp³-hybridized carbons (Fsp3) is 0.263. The van der Waals surface area contributed by atoms with E-state index in [9.17, 15) is 19.7 Å². The van der Waals surface area contributed by atoms with Gasteiger partial charge in [-0.1, -0.05) is 12.1 Å². The Morgan fingerprint density at radius 3 is 2.52 bits per heavy atom. The summed E-state index contributed by atoms with van der Waals surface area (Å²) in [6, 6.07) is 8.73. The van der Waals surface area contributed by atoms with Crippen molar-refractivity contribution in [3.8, 4) is 0 Å². The zero-order chi connectivity index (χ0) is 20.1. The first kappa shape index (κ1) is 20.4. The van der Waals surface area contributed by atoms with E-state index in [4.69, 9.17) is 5.11 Å². The Morgan fingerprint density at radius 2 is 1.89 bits per heavy atom. The summed E-state index contributed by atoms with van der Waals surface area (Å²) in [4.78, 5) is 34.2. The molecule has 0 aliphatic carbocycles. The number of hydrogen-bond acceptors (Lipinski definition) is 5. The normalized spacial score (nSPS) is 10.5.